The van der Waals surface area contributed by atoms with Gasteiger partial charge in [-0.2, -0.15) is 0 Å². The highest BCUT2D eigenvalue weighted by atomic mass is 19.1. The first-order chi connectivity index (χ1) is 15.1. The Bertz CT molecular complexity index is 1050. The molecular weight excluding hydrogens is 401 g/mol. The van der Waals surface area contributed by atoms with E-state index in [4.69, 9.17) is 4.74 Å². The maximum atomic E-state index is 15.0. The topological polar surface area (TPSA) is 34.5 Å². The van der Waals surface area contributed by atoms with Gasteiger partial charge in [0.1, 0.15) is 17.5 Å². The Hall–Kier alpha value is -2.89. The van der Waals surface area contributed by atoms with E-state index in [1.54, 1.807) is 6.20 Å². The van der Waals surface area contributed by atoms with Crippen LogP contribution >= 0.6 is 0 Å². The maximum absolute atomic E-state index is 15.0. The molecule has 1 unspecified atom stereocenters. The SMILES string of the molecule is FC1=CC(c2ccc(OCC3CC3)nc2)=CCC1[C@H]1CCC(c2c(F)cccc2F)=N1. The number of hydrogen-bond donors (Lipinski definition) is 0. The lowest BCUT2D eigenvalue weighted by Gasteiger charge is -2.22. The van der Waals surface area contributed by atoms with Crippen molar-refractivity contribution in [2.75, 3.05) is 6.61 Å². The van der Waals surface area contributed by atoms with E-state index in [1.807, 2.05) is 18.2 Å². The summed E-state index contributed by atoms with van der Waals surface area (Å²) in [5.41, 5.74) is 1.90. The lowest BCUT2D eigenvalue weighted by Crippen LogP contribution is -2.18. The van der Waals surface area contributed by atoms with Gasteiger partial charge in [-0.1, -0.05) is 12.1 Å². The Kier molecular flexibility index (Phi) is 5.38. The summed E-state index contributed by atoms with van der Waals surface area (Å²) in [5.74, 6) is -0.676. The number of halogens is 3. The van der Waals surface area contributed by atoms with E-state index in [-0.39, 0.29) is 17.4 Å². The first kappa shape index (κ1) is 20.0. The van der Waals surface area contributed by atoms with Crippen LogP contribution in [0, 0.1) is 23.5 Å². The van der Waals surface area contributed by atoms with Crippen LogP contribution in [-0.2, 0) is 0 Å². The zero-order chi connectivity index (χ0) is 21.4. The van der Waals surface area contributed by atoms with Gasteiger partial charge in [-0.3, -0.25) is 4.99 Å². The van der Waals surface area contributed by atoms with E-state index < -0.39 is 17.6 Å². The first-order valence-electron chi connectivity index (χ1n) is 10.8. The molecule has 3 nitrogen and oxygen atoms in total. The van der Waals surface area contributed by atoms with Crippen LogP contribution in [0.5, 0.6) is 5.88 Å². The van der Waals surface area contributed by atoms with Crippen LogP contribution in [0.2, 0.25) is 0 Å². The fourth-order valence-electron chi connectivity index (χ4n) is 4.22. The van der Waals surface area contributed by atoms with Crippen LogP contribution in [-0.4, -0.2) is 23.3 Å². The van der Waals surface area contributed by atoms with E-state index in [0.717, 1.165) is 11.1 Å². The Balaban J connectivity index is 1.27. The third kappa shape index (κ3) is 4.29. The molecule has 31 heavy (non-hydrogen) atoms. The van der Waals surface area contributed by atoms with Gasteiger partial charge < -0.3 is 4.74 Å². The number of nitrogens with zero attached hydrogens (tertiary/aromatic N) is 2. The Morgan fingerprint density at radius 1 is 1.00 bits per heavy atom. The average Bonchev–Trinajstić information content (AvgIpc) is 3.48. The smallest absolute Gasteiger partial charge is 0.213 e. The number of aliphatic imine (C=N–C) groups is 1. The number of allylic oxidation sites excluding steroid dienone is 3. The highest BCUT2D eigenvalue weighted by Gasteiger charge is 2.32. The van der Waals surface area contributed by atoms with E-state index in [0.29, 0.717) is 43.4 Å². The minimum atomic E-state index is -0.627. The third-order valence-corrected chi connectivity index (χ3v) is 6.19. The molecule has 0 amide bonds. The molecule has 0 radical (unpaired) electrons. The van der Waals surface area contributed by atoms with Crippen molar-refractivity contribution in [2.45, 2.75) is 38.1 Å². The Morgan fingerprint density at radius 3 is 2.48 bits per heavy atom. The van der Waals surface area contributed by atoms with Crippen LogP contribution < -0.4 is 4.74 Å². The second-order valence-corrected chi connectivity index (χ2v) is 8.45. The highest BCUT2D eigenvalue weighted by Crippen LogP contribution is 2.37. The molecule has 2 aliphatic carbocycles. The quantitative estimate of drug-likeness (QED) is 0.565. The molecule has 3 aliphatic rings. The van der Waals surface area contributed by atoms with Gasteiger partial charge in [0, 0.05) is 29.5 Å². The van der Waals surface area contributed by atoms with Gasteiger partial charge in [0.15, 0.2) is 0 Å². The Morgan fingerprint density at radius 2 is 1.81 bits per heavy atom. The van der Waals surface area contributed by atoms with E-state index in [1.165, 1.54) is 37.1 Å². The fourth-order valence-corrected chi connectivity index (χ4v) is 4.22. The van der Waals surface area contributed by atoms with E-state index >= 15 is 0 Å². The minimum Gasteiger partial charge on any atom is -0.477 e. The van der Waals surface area contributed by atoms with Crippen molar-refractivity contribution in [3.63, 3.8) is 0 Å². The van der Waals surface area contributed by atoms with Gasteiger partial charge in [-0.15, -0.1) is 0 Å². The van der Waals surface area contributed by atoms with Crippen molar-refractivity contribution in [3.05, 3.63) is 77.3 Å². The van der Waals surface area contributed by atoms with Crippen molar-refractivity contribution < 1.29 is 17.9 Å². The number of pyridine rings is 1. The second-order valence-electron chi connectivity index (χ2n) is 8.45. The molecule has 6 heteroatoms. The van der Waals surface area contributed by atoms with Gasteiger partial charge in [-0.25, -0.2) is 18.2 Å². The molecular formula is C25H23F3N2O. The lowest BCUT2D eigenvalue weighted by atomic mass is 9.86. The third-order valence-electron chi connectivity index (χ3n) is 6.19. The Labute approximate surface area is 179 Å². The number of benzene rings is 1. The number of rotatable bonds is 6. The zero-order valence-electron chi connectivity index (χ0n) is 17.0. The molecule has 0 bridgehead atoms. The molecule has 2 aromatic rings. The van der Waals surface area contributed by atoms with Crippen molar-refractivity contribution in [1.29, 1.82) is 0 Å². The van der Waals surface area contributed by atoms with Gasteiger partial charge in [-0.05, 0) is 67.9 Å². The molecule has 1 aromatic carbocycles. The van der Waals surface area contributed by atoms with E-state index in [2.05, 4.69) is 9.98 Å². The molecule has 160 valence electrons. The minimum absolute atomic E-state index is 0.0866. The van der Waals surface area contributed by atoms with Crippen LogP contribution in [0.15, 0.2) is 59.5 Å². The summed E-state index contributed by atoms with van der Waals surface area (Å²) in [6, 6.07) is 7.16. The maximum Gasteiger partial charge on any atom is 0.213 e. The van der Waals surface area contributed by atoms with Crippen molar-refractivity contribution >= 4 is 11.3 Å². The molecule has 2 heterocycles. The molecule has 1 fully saturated rings. The predicted octanol–water partition coefficient (Wildman–Crippen LogP) is 6.06. The van der Waals surface area contributed by atoms with Crippen LogP contribution in [0.3, 0.4) is 0 Å². The molecule has 5 rings (SSSR count). The summed E-state index contributed by atoms with van der Waals surface area (Å²) in [6.07, 6.45) is 9.14. The summed E-state index contributed by atoms with van der Waals surface area (Å²) < 4.78 is 48.8. The van der Waals surface area contributed by atoms with Crippen molar-refractivity contribution in [1.82, 2.24) is 4.98 Å². The van der Waals surface area contributed by atoms with Gasteiger partial charge in [0.05, 0.1) is 18.2 Å². The highest BCUT2D eigenvalue weighted by molar-refractivity contribution is 6.02. The zero-order valence-corrected chi connectivity index (χ0v) is 17.0. The average molecular weight is 424 g/mol. The molecule has 1 saturated carbocycles. The number of aromatic nitrogens is 1. The summed E-state index contributed by atoms with van der Waals surface area (Å²) in [5, 5.41) is 0. The number of hydrogen-bond acceptors (Lipinski definition) is 3. The molecule has 0 spiro atoms. The largest absolute Gasteiger partial charge is 0.477 e. The molecule has 2 atom stereocenters. The molecule has 0 saturated heterocycles. The molecule has 1 aromatic heterocycles. The van der Waals surface area contributed by atoms with Gasteiger partial charge in [0.2, 0.25) is 5.88 Å². The summed E-state index contributed by atoms with van der Waals surface area (Å²) in [7, 11) is 0. The van der Waals surface area contributed by atoms with Gasteiger partial charge >= 0.3 is 0 Å². The van der Waals surface area contributed by atoms with E-state index in [9.17, 15) is 13.2 Å². The second kappa shape index (κ2) is 8.33. The monoisotopic (exact) mass is 424 g/mol. The lowest BCUT2D eigenvalue weighted by molar-refractivity contribution is 0.288. The van der Waals surface area contributed by atoms with Crippen LogP contribution in [0.1, 0.15) is 43.2 Å². The van der Waals surface area contributed by atoms with Gasteiger partial charge in [0.25, 0.3) is 0 Å². The number of ether oxygens (including phenoxy) is 1. The first-order valence-corrected chi connectivity index (χ1v) is 10.8. The summed E-state index contributed by atoms with van der Waals surface area (Å²) >= 11 is 0. The van der Waals surface area contributed by atoms with Crippen molar-refractivity contribution in [2.24, 2.45) is 16.8 Å². The molecule has 0 N–H and O–H groups in total. The normalized spacial score (nSPS) is 23.3. The standard InChI is InChI=1S/C25H23F3N2O/c26-19-2-1-3-20(27)25(19)23-10-9-22(30-23)18-8-6-16(12-21(18)28)17-7-11-24(29-13-17)31-14-15-4-5-15/h1-3,6-7,11-13,15,18,22H,4-5,8-10,14H2/t18?,22-/m1/s1. The molecule has 1 aliphatic heterocycles. The fraction of sp³-hybridized carbons (Fsp3) is 0.360. The summed E-state index contributed by atoms with van der Waals surface area (Å²) in [6.45, 7) is 0.700. The van der Waals surface area contributed by atoms with Crippen molar-refractivity contribution in [3.8, 4) is 5.88 Å². The van der Waals surface area contributed by atoms with Crippen LogP contribution in [0.4, 0.5) is 13.2 Å². The summed E-state index contributed by atoms with van der Waals surface area (Å²) in [4.78, 5) is 8.83. The predicted molar refractivity (Wildman–Crippen MR) is 114 cm³/mol. The van der Waals surface area contributed by atoms with Crippen LogP contribution in [0.25, 0.3) is 5.57 Å².